The van der Waals surface area contributed by atoms with E-state index in [-0.39, 0.29) is 39.3 Å². The molecule has 0 spiro atoms. The maximum atomic E-state index is 12.4. The number of phenolic OH excluding ortho intramolecular Hbond substituents is 3. The van der Waals surface area contributed by atoms with Crippen LogP contribution in [-0.2, 0) is 0 Å². The Labute approximate surface area is 118 Å². The predicted molar refractivity (Wildman–Crippen MR) is 76.5 cm³/mol. The first-order valence-corrected chi connectivity index (χ1v) is 5.83. The first-order chi connectivity index (χ1) is 9.56. The van der Waals surface area contributed by atoms with Gasteiger partial charge in [0.1, 0.15) is 34.5 Å². The highest BCUT2D eigenvalue weighted by Crippen LogP contribution is 2.29. The van der Waals surface area contributed by atoms with Crippen molar-refractivity contribution < 1.29 is 25.2 Å². The van der Waals surface area contributed by atoms with Crippen LogP contribution in [0.25, 0.3) is 22.1 Å². The van der Waals surface area contributed by atoms with Crippen LogP contribution in [0.1, 0.15) is 0 Å². The largest absolute Gasteiger partial charge is 0.508 e. The highest BCUT2D eigenvalue weighted by Gasteiger charge is 2.13. The summed E-state index contributed by atoms with van der Waals surface area (Å²) in [6, 6.07) is 8.40. The Morgan fingerprint density at radius 3 is 2.24 bits per heavy atom. The molecule has 0 fully saturated rings. The standard InChI is InChI=1S/C15H10O5.H2O/c16-9-3-1-8(2-4-9)11-7-20-13-6-10(17)5-12(18)14(13)15(11)19;/h1-7,16-18H;1H2. The second kappa shape index (κ2) is 5.18. The molecule has 108 valence electrons. The smallest absolute Gasteiger partial charge is 0.204 e. The summed E-state index contributed by atoms with van der Waals surface area (Å²) < 4.78 is 5.29. The molecule has 3 aromatic rings. The van der Waals surface area contributed by atoms with Gasteiger partial charge in [0.05, 0.1) is 5.56 Å². The van der Waals surface area contributed by atoms with Crippen LogP contribution in [0, 0.1) is 0 Å². The van der Waals surface area contributed by atoms with E-state index in [1.807, 2.05) is 0 Å². The van der Waals surface area contributed by atoms with Gasteiger partial charge in [-0.1, -0.05) is 12.1 Å². The molecule has 3 rings (SSSR count). The van der Waals surface area contributed by atoms with Crippen LogP contribution in [0.5, 0.6) is 17.2 Å². The molecule has 0 aliphatic carbocycles. The predicted octanol–water partition coefficient (Wildman–Crippen LogP) is 1.75. The lowest BCUT2D eigenvalue weighted by atomic mass is 10.0. The zero-order valence-electron chi connectivity index (χ0n) is 10.7. The maximum absolute atomic E-state index is 12.4. The Balaban J connectivity index is 0.00000161. The van der Waals surface area contributed by atoms with E-state index in [2.05, 4.69) is 0 Å². The number of hydrogen-bond acceptors (Lipinski definition) is 5. The first kappa shape index (κ1) is 14.4. The lowest BCUT2D eigenvalue weighted by molar-refractivity contribution is 0.452. The average molecular weight is 288 g/mol. The fourth-order valence-corrected chi connectivity index (χ4v) is 2.06. The number of aromatic hydroxyl groups is 3. The van der Waals surface area contributed by atoms with E-state index < -0.39 is 5.43 Å². The minimum absolute atomic E-state index is 0. The Bertz CT molecular complexity index is 848. The molecule has 0 aliphatic rings. The van der Waals surface area contributed by atoms with E-state index in [1.54, 1.807) is 12.1 Å². The topological polar surface area (TPSA) is 122 Å². The van der Waals surface area contributed by atoms with Crippen LogP contribution in [0.2, 0.25) is 0 Å². The number of rotatable bonds is 1. The van der Waals surface area contributed by atoms with Gasteiger partial charge < -0.3 is 25.2 Å². The average Bonchev–Trinajstić information content (AvgIpc) is 2.39. The van der Waals surface area contributed by atoms with Gasteiger partial charge in [0.25, 0.3) is 0 Å². The lowest BCUT2D eigenvalue weighted by Gasteiger charge is -2.05. The molecule has 0 saturated heterocycles. The van der Waals surface area contributed by atoms with Crippen molar-refractivity contribution in [2.75, 3.05) is 0 Å². The third-order valence-corrected chi connectivity index (χ3v) is 3.02. The molecule has 0 bridgehead atoms. The van der Waals surface area contributed by atoms with Crippen molar-refractivity contribution in [2.45, 2.75) is 0 Å². The van der Waals surface area contributed by atoms with E-state index in [0.717, 1.165) is 6.07 Å². The Morgan fingerprint density at radius 2 is 1.57 bits per heavy atom. The Kier molecular flexibility index (Phi) is 3.56. The van der Waals surface area contributed by atoms with E-state index in [0.29, 0.717) is 5.56 Å². The Hall–Kier alpha value is -2.99. The van der Waals surface area contributed by atoms with Gasteiger partial charge in [0.2, 0.25) is 5.43 Å². The molecule has 0 atom stereocenters. The highest BCUT2D eigenvalue weighted by molar-refractivity contribution is 5.87. The van der Waals surface area contributed by atoms with E-state index >= 15 is 0 Å². The SMILES string of the molecule is O.O=c1c(-c2ccc(O)cc2)coc2cc(O)cc(O)c12. The van der Waals surface area contributed by atoms with Crippen molar-refractivity contribution in [3.8, 4) is 28.4 Å². The fourth-order valence-electron chi connectivity index (χ4n) is 2.06. The van der Waals surface area contributed by atoms with Crippen LogP contribution in [0.3, 0.4) is 0 Å². The molecule has 0 radical (unpaired) electrons. The molecule has 21 heavy (non-hydrogen) atoms. The van der Waals surface area contributed by atoms with E-state index in [1.165, 1.54) is 24.5 Å². The molecule has 0 amide bonds. The minimum atomic E-state index is -0.408. The van der Waals surface area contributed by atoms with Crippen molar-refractivity contribution in [1.82, 2.24) is 0 Å². The second-order valence-corrected chi connectivity index (χ2v) is 4.36. The first-order valence-electron chi connectivity index (χ1n) is 5.83. The summed E-state index contributed by atoms with van der Waals surface area (Å²) in [6.07, 6.45) is 1.26. The molecule has 6 nitrogen and oxygen atoms in total. The van der Waals surface area contributed by atoms with Crippen molar-refractivity contribution in [1.29, 1.82) is 0 Å². The van der Waals surface area contributed by atoms with Crippen molar-refractivity contribution >= 4 is 11.0 Å². The van der Waals surface area contributed by atoms with Gasteiger partial charge in [-0.05, 0) is 17.7 Å². The molecule has 0 unspecified atom stereocenters. The molecule has 1 aromatic heterocycles. The Morgan fingerprint density at radius 1 is 0.905 bits per heavy atom. The third-order valence-electron chi connectivity index (χ3n) is 3.02. The van der Waals surface area contributed by atoms with Gasteiger partial charge in [-0.15, -0.1) is 0 Å². The molecule has 5 N–H and O–H groups in total. The van der Waals surface area contributed by atoms with Crippen molar-refractivity contribution in [3.63, 3.8) is 0 Å². The summed E-state index contributed by atoms with van der Waals surface area (Å²) in [5.41, 5.74) is 0.522. The molecular formula is C15H12O6. The summed E-state index contributed by atoms with van der Waals surface area (Å²) in [5, 5.41) is 28.4. The zero-order valence-corrected chi connectivity index (χ0v) is 10.7. The van der Waals surface area contributed by atoms with Gasteiger partial charge in [0, 0.05) is 12.1 Å². The van der Waals surface area contributed by atoms with E-state index in [4.69, 9.17) is 4.42 Å². The van der Waals surface area contributed by atoms with Gasteiger partial charge in [-0.3, -0.25) is 4.79 Å². The number of phenols is 3. The number of hydrogen-bond donors (Lipinski definition) is 3. The molecule has 6 heteroatoms. The van der Waals surface area contributed by atoms with Crippen LogP contribution in [0.4, 0.5) is 0 Å². The minimum Gasteiger partial charge on any atom is -0.508 e. The van der Waals surface area contributed by atoms with Crippen molar-refractivity contribution in [2.24, 2.45) is 0 Å². The quantitative estimate of drug-likeness (QED) is 0.629. The van der Waals surface area contributed by atoms with Crippen LogP contribution >= 0.6 is 0 Å². The van der Waals surface area contributed by atoms with Crippen molar-refractivity contribution in [3.05, 3.63) is 52.9 Å². The lowest BCUT2D eigenvalue weighted by Crippen LogP contribution is -2.04. The number of benzene rings is 2. The van der Waals surface area contributed by atoms with Gasteiger partial charge in [0.15, 0.2) is 0 Å². The van der Waals surface area contributed by atoms with Gasteiger partial charge in [-0.2, -0.15) is 0 Å². The summed E-state index contributed by atoms with van der Waals surface area (Å²) in [4.78, 5) is 12.4. The molecule has 1 heterocycles. The van der Waals surface area contributed by atoms with Crippen LogP contribution < -0.4 is 5.43 Å². The van der Waals surface area contributed by atoms with Crippen LogP contribution in [0.15, 0.2) is 51.9 Å². The van der Waals surface area contributed by atoms with E-state index in [9.17, 15) is 20.1 Å². The molecular weight excluding hydrogens is 276 g/mol. The summed E-state index contributed by atoms with van der Waals surface area (Å²) in [6.45, 7) is 0. The third kappa shape index (κ3) is 2.39. The number of fused-ring (bicyclic) bond motifs is 1. The molecule has 0 saturated carbocycles. The fraction of sp³-hybridized carbons (Fsp3) is 0. The van der Waals surface area contributed by atoms with Crippen LogP contribution in [-0.4, -0.2) is 20.8 Å². The summed E-state index contributed by atoms with van der Waals surface area (Å²) in [7, 11) is 0. The monoisotopic (exact) mass is 288 g/mol. The zero-order chi connectivity index (χ0) is 14.3. The maximum Gasteiger partial charge on any atom is 0.204 e. The normalized spacial score (nSPS) is 10.3. The van der Waals surface area contributed by atoms with Gasteiger partial charge in [-0.25, -0.2) is 0 Å². The molecule has 2 aromatic carbocycles. The van der Waals surface area contributed by atoms with Gasteiger partial charge >= 0.3 is 0 Å². The molecule has 0 aliphatic heterocycles. The second-order valence-electron chi connectivity index (χ2n) is 4.36. The summed E-state index contributed by atoms with van der Waals surface area (Å²) >= 11 is 0. The summed E-state index contributed by atoms with van der Waals surface area (Å²) in [5.74, 6) is -0.434. The highest BCUT2D eigenvalue weighted by atomic mass is 16.3.